The smallest absolute Gasteiger partial charge is 0.142 e. The van der Waals surface area contributed by atoms with Crippen LogP contribution in [0.4, 0.5) is 5.82 Å². The number of nitrogens with zero attached hydrogens (tertiary/aromatic N) is 1. The van der Waals surface area contributed by atoms with E-state index in [4.69, 9.17) is 10.5 Å². The molecule has 4 heteroatoms. The standard InChI is InChI=1S/C10H13BrN2O/c1-5(2)6-4-14-8-3-7(11)10(12)13-9(6)8/h3,5-6H,4H2,1-2H3,(H2,12,13). The Hall–Kier alpha value is -0.770. The zero-order valence-electron chi connectivity index (χ0n) is 8.25. The van der Waals surface area contributed by atoms with E-state index in [2.05, 4.69) is 34.8 Å². The first-order valence-electron chi connectivity index (χ1n) is 4.68. The van der Waals surface area contributed by atoms with E-state index in [-0.39, 0.29) is 0 Å². The molecule has 14 heavy (non-hydrogen) atoms. The lowest BCUT2D eigenvalue weighted by Gasteiger charge is -2.11. The Morgan fingerprint density at radius 1 is 1.64 bits per heavy atom. The van der Waals surface area contributed by atoms with Crippen molar-refractivity contribution in [2.45, 2.75) is 19.8 Å². The van der Waals surface area contributed by atoms with E-state index in [1.165, 1.54) is 0 Å². The van der Waals surface area contributed by atoms with Gasteiger partial charge in [-0.05, 0) is 27.9 Å². The summed E-state index contributed by atoms with van der Waals surface area (Å²) in [7, 11) is 0. The molecule has 1 unspecified atom stereocenters. The van der Waals surface area contributed by atoms with Crippen LogP contribution in [-0.2, 0) is 0 Å². The van der Waals surface area contributed by atoms with Crippen molar-refractivity contribution >= 4 is 21.7 Å². The van der Waals surface area contributed by atoms with Crippen LogP contribution in [0.15, 0.2) is 10.5 Å². The normalized spacial score (nSPS) is 19.6. The number of anilines is 1. The quantitative estimate of drug-likeness (QED) is 0.841. The minimum Gasteiger partial charge on any atom is -0.491 e. The largest absolute Gasteiger partial charge is 0.491 e. The summed E-state index contributed by atoms with van der Waals surface area (Å²) < 4.78 is 6.37. The number of rotatable bonds is 1. The summed E-state index contributed by atoms with van der Waals surface area (Å²) >= 11 is 3.34. The van der Waals surface area contributed by atoms with Gasteiger partial charge >= 0.3 is 0 Å². The first-order valence-corrected chi connectivity index (χ1v) is 5.47. The molecule has 1 aliphatic rings. The number of hydrogen-bond donors (Lipinski definition) is 1. The zero-order valence-corrected chi connectivity index (χ0v) is 9.84. The molecule has 0 radical (unpaired) electrons. The van der Waals surface area contributed by atoms with Crippen LogP contribution in [0.2, 0.25) is 0 Å². The second kappa shape index (κ2) is 3.42. The predicted octanol–water partition coefficient (Wildman–Crippen LogP) is 2.56. The van der Waals surface area contributed by atoms with Crippen molar-refractivity contribution in [3.05, 3.63) is 16.2 Å². The lowest BCUT2D eigenvalue weighted by atomic mass is 9.94. The van der Waals surface area contributed by atoms with E-state index in [0.29, 0.717) is 17.7 Å². The molecular formula is C10H13BrN2O. The Morgan fingerprint density at radius 2 is 2.36 bits per heavy atom. The Balaban J connectivity index is 2.45. The van der Waals surface area contributed by atoms with Crippen LogP contribution >= 0.6 is 15.9 Å². The van der Waals surface area contributed by atoms with Gasteiger partial charge < -0.3 is 10.5 Å². The maximum absolute atomic E-state index is 5.74. The molecule has 1 aliphatic heterocycles. The highest BCUT2D eigenvalue weighted by Crippen LogP contribution is 2.39. The Morgan fingerprint density at radius 3 is 3.00 bits per heavy atom. The van der Waals surface area contributed by atoms with Gasteiger partial charge in [0.2, 0.25) is 0 Å². The van der Waals surface area contributed by atoms with Crippen molar-refractivity contribution < 1.29 is 4.74 Å². The molecular weight excluding hydrogens is 244 g/mol. The van der Waals surface area contributed by atoms with Gasteiger partial charge in [0.1, 0.15) is 11.6 Å². The van der Waals surface area contributed by atoms with Crippen molar-refractivity contribution in [1.82, 2.24) is 4.98 Å². The SMILES string of the molecule is CC(C)C1COc2cc(Br)c(N)nc21. The summed E-state index contributed by atoms with van der Waals surface area (Å²) in [6.45, 7) is 5.06. The molecule has 2 N–H and O–H groups in total. The summed E-state index contributed by atoms with van der Waals surface area (Å²) in [6, 6.07) is 1.90. The number of nitrogen functional groups attached to an aromatic ring is 1. The van der Waals surface area contributed by atoms with Gasteiger partial charge in [-0.15, -0.1) is 0 Å². The topological polar surface area (TPSA) is 48.1 Å². The van der Waals surface area contributed by atoms with Crippen LogP contribution in [0.25, 0.3) is 0 Å². The number of nitrogens with two attached hydrogens (primary N) is 1. The highest BCUT2D eigenvalue weighted by Gasteiger charge is 2.29. The molecule has 76 valence electrons. The molecule has 1 atom stereocenters. The van der Waals surface area contributed by atoms with E-state index in [1.54, 1.807) is 0 Å². The van der Waals surface area contributed by atoms with Gasteiger partial charge in [-0.1, -0.05) is 13.8 Å². The predicted molar refractivity (Wildman–Crippen MR) is 59.4 cm³/mol. The number of hydrogen-bond acceptors (Lipinski definition) is 3. The average Bonchev–Trinajstić information content (AvgIpc) is 2.48. The van der Waals surface area contributed by atoms with Crippen LogP contribution < -0.4 is 10.5 Å². The summed E-state index contributed by atoms with van der Waals surface area (Å²) in [5.41, 5.74) is 6.74. The van der Waals surface area contributed by atoms with Crippen LogP contribution in [0.5, 0.6) is 5.75 Å². The average molecular weight is 257 g/mol. The second-order valence-electron chi connectivity index (χ2n) is 3.90. The third-order valence-electron chi connectivity index (χ3n) is 2.57. The second-order valence-corrected chi connectivity index (χ2v) is 4.75. The molecule has 1 aromatic heterocycles. The van der Waals surface area contributed by atoms with Crippen molar-refractivity contribution in [3.63, 3.8) is 0 Å². The van der Waals surface area contributed by atoms with Crippen molar-refractivity contribution in [2.24, 2.45) is 5.92 Å². The number of pyridine rings is 1. The van der Waals surface area contributed by atoms with Crippen LogP contribution in [0.1, 0.15) is 25.5 Å². The number of aromatic nitrogens is 1. The van der Waals surface area contributed by atoms with E-state index in [9.17, 15) is 0 Å². The molecule has 3 nitrogen and oxygen atoms in total. The molecule has 0 fully saturated rings. The molecule has 0 saturated carbocycles. The van der Waals surface area contributed by atoms with Gasteiger partial charge in [0.15, 0.2) is 0 Å². The maximum Gasteiger partial charge on any atom is 0.142 e. The Labute approximate surface area is 91.8 Å². The highest BCUT2D eigenvalue weighted by atomic mass is 79.9. The lowest BCUT2D eigenvalue weighted by molar-refractivity contribution is 0.303. The minimum absolute atomic E-state index is 0.375. The first-order chi connectivity index (χ1) is 6.59. The van der Waals surface area contributed by atoms with Gasteiger partial charge in [-0.2, -0.15) is 0 Å². The summed E-state index contributed by atoms with van der Waals surface area (Å²) in [6.07, 6.45) is 0. The monoisotopic (exact) mass is 256 g/mol. The number of fused-ring (bicyclic) bond motifs is 1. The van der Waals surface area contributed by atoms with E-state index in [1.807, 2.05) is 6.07 Å². The Kier molecular flexibility index (Phi) is 2.39. The molecule has 0 amide bonds. The van der Waals surface area contributed by atoms with E-state index in [0.717, 1.165) is 22.5 Å². The Bertz CT molecular complexity index is 365. The fraction of sp³-hybridized carbons (Fsp3) is 0.500. The lowest BCUT2D eigenvalue weighted by Crippen LogP contribution is -2.09. The van der Waals surface area contributed by atoms with Gasteiger partial charge in [0.25, 0.3) is 0 Å². The number of halogens is 1. The molecule has 0 saturated heterocycles. The molecule has 1 aromatic rings. The zero-order chi connectivity index (χ0) is 10.3. The van der Waals surface area contributed by atoms with Crippen molar-refractivity contribution in [3.8, 4) is 5.75 Å². The number of ether oxygens (including phenoxy) is 1. The molecule has 0 spiro atoms. The van der Waals surface area contributed by atoms with Gasteiger partial charge in [0.05, 0.1) is 16.8 Å². The van der Waals surface area contributed by atoms with Crippen LogP contribution in [0.3, 0.4) is 0 Å². The third kappa shape index (κ3) is 1.47. The maximum atomic E-state index is 5.74. The fourth-order valence-corrected chi connectivity index (χ4v) is 1.95. The van der Waals surface area contributed by atoms with Gasteiger partial charge in [-0.25, -0.2) is 4.98 Å². The molecule has 2 heterocycles. The third-order valence-corrected chi connectivity index (χ3v) is 3.21. The van der Waals surface area contributed by atoms with Crippen LogP contribution in [-0.4, -0.2) is 11.6 Å². The van der Waals surface area contributed by atoms with Crippen LogP contribution in [0, 0.1) is 5.92 Å². The molecule has 0 aromatic carbocycles. The summed E-state index contributed by atoms with van der Waals surface area (Å²) in [4.78, 5) is 4.36. The summed E-state index contributed by atoms with van der Waals surface area (Å²) in [5, 5.41) is 0. The first kappa shape index (κ1) is 9.77. The molecule has 0 aliphatic carbocycles. The molecule has 2 rings (SSSR count). The molecule has 0 bridgehead atoms. The van der Waals surface area contributed by atoms with Gasteiger partial charge in [0, 0.05) is 5.92 Å². The van der Waals surface area contributed by atoms with Crippen molar-refractivity contribution in [1.29, 1.82) is 0 Å². The summed E-state index contributed by atoms with van der Waals surface area (Å²) in [5.74, 6) is 2.31. The minimum atomic E-state index is 0.375. The van der Waals surface area contributed by atoms with Crippen molar-refractivity contribution in [2.75, 3.05) is 12.3 Å². The van der Waals surface area contributed by atoms with E-state index >= 15 is 0 Å². The van der Waals surface area contributed by atoms with E-state index < -0.39 is 0 Å². The fourth-order valence-electron chi connectivity index (χ4n) is 1.65. The van der Waals surface area contributed by atoms with Gasteiger partial charge in [-0.3, -0.25) is 0 Å². The highest BCUT2D eigenvalue weighted by molar-refractivity contribution is 9.10.